The Labute approximate surface area is 118 Å². The van der Waals surface area contributed by atoms with E-state index in [1.54, 1.807) is 12.4 Å². The average Bonchev–Trinajstić information content (AvgIpc) is 2.45. The molecule has 0 aliphatic heterocycles. The van der Waals surface area contributed by atoms with Gasteiger partial charge in [0.2, 0.25) is 0 Å². The minimum Gasteiger partial charge on any atom is -0.488 e. The minimum absolute atomic E-state index is 0.317. The molecule has 0 fully saturated rings. The lowest BCUT2D eigenvalue weighted by atomic mass is 10.1. The van der Waals surface area contributed by atoms with E-state index in [9.17, 15) is 0 Å². The number of rotatable bonds is 3. The topological polar surface area (TPSA) is 22.1 Å². The summed E-state index contributed by atoms with van der Waals surface area (Å²) in [5.74, 6) is 6.97. The van der Waals surface area contributed by atoms with E-state index < -0.39 is 0 Å². The molecule has 0 aliphatic carbocycles. The van der Waals surface area contributed by atoms with Gasteiger partial charge >= 0.3 is 0 Å². The van der Waals surface area contributed by atoms with Crippen molar-refractivity contribution in [2.24, 2.45) is 0 Å². The quantitative estimate of drug-likeness (QED) is 0.629. The van der Waals surface area contributed by atoms with Crippen molar-refractivity contribution in [1.29, 1.82) is 0 Å². The summed E-state index contributed by atoms with van der Waals surface area (Å²) in [5.41, 5.74) is 3.09. The molecular formula is C16H14ClNO. The fourth-order valence-corrected chi connectivity index (χ4v) is 1.70. The number of hydrogen-bond acceptors (Lipinski definition) is 2. The highest BCUT2D eigenvalue weighted by molar-refractivity contribution is 6.19. The van der Waals surface area contributed by atoms with E-state index in [-0.39, 0.29) is 0 Å². The van der Waals surface area contributed by atoms with E-state index >= 15 is 0 Å². The predicted octanol–water partition coefficient (Wildman–Crippen LogP) is 3.56. The van der Waals surface area contributed by atoms with E-state index in [0.29, 0.717) is 12.5 Å². The van der Waals surface area contributed by atoms with Gasteiger partial charge in [0.25, 0.3) is 0 Å². The van der Waals surface area contributed by atoms with Crippen LogP contribution in [0.5, 0.6) is 5.75 Å². The van der Waals surface area contributed by atoms with Crippen molar-refractivity contribution >= 4 is 11.6 Å². The first kappa shape index (κ1) is 13.5. The van der Waals surface area contributed by atoms with Crippen molar-refractivity contribution in [1.82, 2.24) is 4.98 Å². The first-order valence-electron chi connectivity index (χ1n) is 5.97. The number of aromatic nitrogens is 1. The second-order valence-corrected chi connectivity index (χ2v) is 4.35. The number of hydrogen-bond donors (Lipinski definition) is 0. The Balaban J connectivity index is 2.15. The van der Waals surface area contributed by atoms with Crippen molar-refractivity contribution in [2.75, 3.05) is 5.88 Å². The lowest BCUT2D eigenvalue weighted by Gasteiger charge is -2.09. The molecule has 0 saturated carbocycles. The van der Waals surface area contributed by atoms with Crippen molar-refractivity contribution in [3.05, 3.63) is 59.4 Å². The normalized spacial score (nSPS) is 9.58. The Morgan fingerprint density at radius 2 is 2.00 bits per heavy atom. The van der Waals surface area contributed by atoms with Crippen LogP contribution in [0.1, 0.15) is 16.7 Å². The lowest BCUT2D eigenvalue weighted by molar-refractivity contribution is 0.305. The Morgan fingerprint density at radius 3 is 2.74 bits per heavy atom. The van der Waals surface area contributed by atoms with Crippen LogP contribution in [0.3, 0.4) is 0 Å². The van der Waals surface area contributed by atoms with E-state index in [4.69, 9.17) is 16.3 Å². The molecule has 0 atom stereocenters. The van der Waals surface area contributed by atoms with Gasteiger partial charge in [-0.1, -0.05) is 17.9 Å². The molecule has 2 nitrogen and oxygen atoms in total. The van der Waals surface area contributed by atoms with Gasteiger partial charge in [0.15, 0.2) is 0 Å². The van der Waals surface area contributed by atoms with Crippen LogP contribution in [0.15, 0.2) is 42.7 Å². The molecule has 3 heteroatoms. The molecule has 0 aliphatic rings. The van der Waals surface area contributed by atoms with Gasteiger partial charge in [-0.05, 0) is 42.3 Å². The summed E-state index contributed by atoms with van der Waals surface area (Å²) >= 11 is 5.60. The van der Waals surface area contributed by atoms with Crippen molar-refractivity contribution in [3.8, 4) is 17.6 Å². The van der Waals surface area contributed by atoms with Crippen LogP contribution in [0.25, 0.3) is 0 Å². The summed E-state index contributed by atoms with van der Waals surface area (Å²) in [7, 11) is 0. The molecule has 1 aromatic heterocycles. The minimum atomic E-state index is 0.317. The maximum absolute atomic E-state index is 5.80. The van der Waals surface area contributed by atoms with E-state index in [2.05, 4.69) is 16.8 Å². The zero-order chi connectivity index (χ0) is 13.5. The summed E-state index contributed by atoms with van der Waals surface area (Å²) in [6, 6.07) is 9.81. The van der Waals surface area contributed by atoms with Gasteiger partial charge in [-0.3, -0.25) is 4.98 Å². The fraction of sp³-hybridized carbons (Fsp3) is 0.188. The molecular weight excluding hydrogens is 258 g/mol. The summed E-state index contributed by atoms with van der Waals surface area (Å²) in [5, 5.41) is 0. The molecule has 0 radical (unpaired) electrons. The van der Waals surface area contributed by atoms with Gasteiger partial charge < -0.3 is 4.74 Å². The van der Waals surface area contributed by atoms with E-state index in [0.717, 1.165) is 22.4 Å². The van der Waals surface area contributed by atoms with Crippen LogP contribution in [0, 0.1) is 18.8 Å². The third kappa shape index (κ3) is 4.01. The Kier molecular flexibility index (Phi) is 4.83. The molecule has 2 rings (SSSR count). The smallest absolute Gasteiger partial charge is 0.135 e. The summed E-state index contributed by atoms with van der Waals surface area (Å²) < 4.78 is 5.80. The number of halogens is 1. The molecule has 0 spiro atoms. The molecule has 1 heterocycles. The SMILES string of the molecule is Cc1ccc(OCc2ccncc2)c(C#CCCl)c1. The van der Waals surface area contributed by atoms with Gasteiger partial charge in [-0.2, -0.15) is 0 Å². The van der Waals surface area contributed by atoms with Gasteiger partial charge in [0, 0.05) is 12.4 Å². The summed E-state index contributed by atoms with van der Waals surface area (Å²) in [4.78, 5) is 3.98. The molecule has 0 amide bonds. The summed E-state index contributed by atoms with van der Waals surface area (Å²) in [6.07, 6.45) is 3.50. The summed E-state index contributed by atoms with van der Waals surface area (Å²) in [6.45, 7) is 2.53. The van der Waals surface area contributed by atoms with E-state index in [1.165, 1.54) is 0 Å². The largest absolute Gasteiger partial charge is 0.488 e. The van der Waals surface area contributed by atoms with Gasteiger partial charge in [-0.25, -0.2) is 0 Å². The highest BCUT2D eigenvalue weighted by Gasteiger charge is 2.02. The van der Waals surface area contributed by atoms with Crippen LogP contribution >= 0.6 is 11.6 Å². The number of benzene rings is 1. The number of aryl methyl sites for hydroxylation is 1. The van der Waals surface area contributed by atoms with Gasteiger partial charge in [0.05, 0.1) is 11.4 Å². The Hall–Kier alpha value is -1.98. The standard InChI is InChI=1S/C16H14ClNO/c1-13-4-5-16(15(11-13)3-2-8-17)19-12-14-6-9-18-10-7-14/h4-7,9-11H,8,12H2,1H3. The first-order valence-corrected chi connectivity index (χ1v) is 6.50. The number of pyridine rings is 1. The maximum Gasteiger partial charge on any atom is 0.135 e. The van der Waals surface area contributed by atoms with Crippen LogP contribution in [0.4, 0.5) is 0 Å². The predicted molar refractivity (Wildman–Crippen MR) is 77.3 cm³/mol. The lowest BCUT2D eigenvalue weighted by Crippen LogP contribution is -1.97. The molecule has 0 saturated heterocycles. The van der Waals surface area contributed by atoms with Crippen molar-refractivity contribution < 1.29 is 4.74 Å². The molecule has 2 aromatic rings. The average molecular weight is 272 g/mol. The van der Waals surface area contributed by atoms with Crippen LogP contribution in [-0.2, 0) is 6.61 Å². The third-order valence-corrected chi connectivity index (χ3v) is 2.70. The van der Waals surface area contributed by atoms with Crippen LogP contribution < -0.4 is 4.74 Å². The number of nitrogens with zero attached hydrogens (tertiary/aromatic N) is 1. The second kappa shape index (κ2) is 6.82. The molecule has 0 N–H and O–H groups in total. The van der Waals surface area contributed by atoms with Crippen LogP contribution in [-0.4, -0.2) is 10.9 Å². The third-order valence-electron chi connectivity index (χ3n) is 2.57. The highest BCUT2D eigenvalue weighted by atomic mass is 35.5. The van der Waals surface area contributed by atoms with Gasteiger partial charge in [0.1, 0.15) is 12.4 Å². The second-order valence-electron chi connectivity index (χ2n) is 4.08. The van der Waals surface area contributed by atoms with Crippen molar-refractivity contribution in [3.63, 3.8) is 0 Å². The number of ether oxygens (including phenoxy) is 1. The fourth-order valence-electron chi connectivity index (χ4n) is 1.64. The van der Waals surface area contributed by atoms with Crippen molar-refractivity contribution in [2.45, 2.75) is 13.5 Å². The zero-order valence-electron chi connectivity index (χ0n) is 10.7. The molecule has 0 bridgehead atoms. The van der Waals surface area contributed by atoms with E-state index in [1.807, 2.05) is 37.3 Å². The molecule has 19 heavy (non-hydrogen) atoms. The molecule has 96 valence electrons. The maximum atomic E-state index is 5.80. The highest BCUT2D eigenvalue weighted by Crippen LogP contribution is 2.20. The molecule has 0 unspecified atom stereocenters. The monoisotopic (exact) mass is 271 g/mol. The zero-order valence-corrected chi connectivity index (χ0v) is 11.4. The van der Waals surface area contributed by atoms with Crippen LogP contribution in [0.2, 0.25) is 0 Å². The van der Waals surface area contributed by atoms with Gasteiger partial charge in [-0.15, -0.1) is 11.6 Å². The molecule has 1 aromatic carbocycles. The first-order chi connectivity index (χ1) is 9.29. The Bertz CT molecular complexity index is 599. The number of alkyl halides is 1. The Morgan fingerprint density at radius 1 is 1.21 bits per heavy atom.